The molecule has 1 unspecified atom stereocenters. The average molecular weight is 486 g/mol. The molecule has 0 spiro atoms. The Kier molecular flexibility index (Phi) is 6.26. The lowest BCUT2D eigenvalue weighted by Gasteiger charge is -2.19. The zero-order valence-electron chi connectivity index (χ0n) is 18.3. The first kappa shape index (κ1) is 23.0. The maximum atomic E-state index is 14.4. The van der Waals surface area contributed by atoms with Crippen LogP contribution in [0.3, 0.4) is 0 Å². The zero-order chi connectivity index (χ0) is 23.8. The molecule has 0 saturated carbocycles. The van der Waals surface area contributed by atoms with Crippen molar-refractivity contribution in [2.75, 3.05) is 7.11 Å². The topological polar surface area (TPSA) is 110 Å². The molecule has 0 aliphatic carbocycles. The van der Waals surface area contributed by atoms with Crippen LogP contribution in [0.1, 0.15) is 27.3 Å². The van der Waals surface area contributed by atoms with E-state index in [-0.39, 0.29) is 17.5 Å². The highest BCUT2D eigenvalue weighted by Crippen LogP contribution is 2.47. The van der Waals surface area contributed by atoms with E-state index in [9.17, 15) is 14.3 Å². The summed E-state index contributed by atoms with van der Waals surface area (Å²) in [5.41, 5.74) is 2.84. The predicted octanol–water partition coefficient (Wildman–Crippen LogP) is 3.49. The molecule has 10 heteroatoms. The Labute approximate surface area is 195 Å². The number of nitrogens with one attached hydrogen (secondary N) is 3. The molecule has 0 saturated heterocycles. The molecule has 2 aromatic carbocycles. The summed E-state index contributed by atoms with van der Waals surface area (Å²) in [6.07, 6.45) is 4.28. The first-order valence-electron chi connectivity index (χ1n) is 10.2. The highest BCUT2D eigenvalue weighted by atomic mass is 35.5. The molecule has 33 heavy (non-hydrogen) atoms. The molecular weight excluding hydrogens is 463 g/mol. The van der Waals surface area contributed by atoms with E-state index in [1.165, 1.54) is 25.7 Å². The van der Waals surface area contributed by atoms with E-state index in [4.69, 9.17) is 16.1 Å². The van der Waals surface area contributed by atoms with Crippen LogP contribution in [0.2, 0.25) is 5.02 Å². The van der Waals surface area contributed by atoms with Crippen LogP contribution in [0.5, 0.6) is 0 Å². The number of hydrogen-bond acceptors (Lipinski definition) is 4. The van der Waals surface area contributed by atoms with Crippen LogP contribution in [-0.4, -0.2) is 23.0 Å². The van der Waals surface area contributed by atoms with Gasteiger partial charge in [0.2, 0.25) is 6.20 Å². The fourth-order valence-electron chi connectivity index (χ4n) is 3.87. The zero-order valence-corrected chi connectivity index (χ0v) is 20.0. The van der Waals surface area contributed by atoms with E-state index in [1.54, 1.807) is 30.3 Å². The maximum absolute atomic E-state index is 14.4. The standard InChI is InChI=1S/C23H22ClN4O4P/c1-14-8-15(2)10-18(9-14)33(31,32-3)22-19-11-16(24)4-5-20(19)27-21(22)23(29)26-13-17-12-25-6-7-28(17)30/h4-12H,13H2,1-3H3,(H2-,25,26,27,29,30,31)/p+1. The fourth-order valence-corrected chi connectivity index (χ4v) is 6.39. The second-order valence-corrected chi connectivity index (χ2v) is 10.6. The minimum Gasteiger partial charge on any atom is -0.357 e. The van der Waals surface area contributed by atoms with Gasteiger partial charge in [-0.2, -0.15) is 0 Å². The van der Waals surface area contributed by atoms with Crippen LogP contribution < -0.4 is 20.4 Å². The van der Waals surface area contributed by atoms with Gasteiger partial charge in [-0.1, -0.05) is 28.8 Å². The number of nitrogens with zero attached hydrogens (tertiary/aromatic N) is 1. The van der Waals surface area contributed by atoms with E-state index in [0.29, 0.717) is 31.4 Å². The Morgan fingerprint density at radius 3 is 2.58 bits per heavy atom. The van der Waals surface area contributed by atoms with E-state index in [0.717, 1.165) is 11.1 Å². The van der Waals surface area contributed by atoms with Crippen LogP contribution in [0, 0.1) is 18.8 Å². The average Bonchev–Trinajstić information content (AvgIpc) is 3.16. The molecule has 170 valence electrons. The molecule has 2 heterocycles. The highest BCUT2D eigenvalue weighted by Gasteiger charge is 2.36. The van der Waals surface area contributed by atoms with Crippen LogP contribution >= 0.6 is 19.0 Å². The van der Waals surface area contributed by atoms with Crippen molar-refractivity contribution in [3.63, 3.8) is 0 Å². The largest absolute Gasteiger partial charge is 0.357 e. The van der Waals surface area contributed by atoms with Gasteiger partial charge in [-0.25, -0.2) is 0 Å². The summed E-state index contributed by atoms with van der Waals surface area (Å²) < 4.78 is 20.7. The van der Waals surface area contributed by atoms with Gasteiger partial charge >= 0.3 is 0 Å². The lowest BCUT2D eigenvalue weighted by Crippen LogP contribution is -2.33. The number of aromatic nitrogens is 3. The molecule has 0 bridgehead atoms. The normalized spacial score (nSPS) is 13.1. The highest BCUT2D eigenvalue weighted by molar-refractivity contribution is 7.75. The monoisotopic (exact) mass is 485 g/mol. The first-order chi connectivity index (χ1) is 15.7. The molecule has 0 aliphatic rings. The van der Waals surface area contributed by atoms with Crippen molar-refractivity contribution in [2.45, 2.75) is 20.4 Å². The van der Waals surface area contributed by atoms with Crippen molar-refractivity contribution < 1.29 is 18.3 Å². The number of carbonyl (C=O) groups excluding carboxylic acids is 1. The van der Waals surface area contributed by atoms with Crippen molar-refractivity contribution in [2.24, 2.45) is 0 Å². The van der Waals surface area contributed by atoms with Gasteiger partial charge in [0.15, 0.2) is 0 Å². The van der Waals surface area contributed by atoms with Gasteiger partial charge in [-0.05, 0) is 44.2 Å². The van der Waals surface area contributed by atoms with Crippen molar-refractivity contribution in [3.05, 3.63) is 87.4 Å². The second-order valence-electron chi connectivity index (χ2n) is 7.75. The third-order valence-electron chi connectivity index (χ3n) is 5.33. The molecule has 4 rings (SSSR count). The number of hydrogen-bond donors (Lipinski definition) is 3. The molecule has 4 aromatic rings. The predicted molar refractivity (Wildman–Crippen MR) is 128 cm³/mol. The van der Waals surface area contributed by atoms with Crippen molar-refractivity contribution >= 4 is 46.4 Å². The van der Waals surface area contributed by atoms with E-state index >= 15 is 0 Å². The molecule has 1 amide bonds. The van der Waals surface area contributed by atoms with E-state index < -0.39 is 13.3 Å². The molecule has 0 fully saturated rings. The number of halogens is 1. The molecule has 0 aliphatic heterocycles. The first-order valence-corrected chi connectivity index (χ1v) is 12.2. The van der Waals surface area contributed by atoms with Gasteiger partial charge in [0.25, 0.3) is 19.0 Å². The molecule has 0 radical (unpaired) electrons. The minimum atomic E-state index is -3.70. The lowest BCUT2D eigenvalue weighted by atomic mass is 10.2. The Morgan fingerprint density at radius 1 is 1.18 bits per heavy atom. The lowest BCUT2D eigenvalue weighted by molar-refractivity contribution is -0.505. The summed E-state index contributed by atoms with van der Waals surface area (Å²) >= 11 is 6.24. The SMILES string of the molecule is COP(=O)(c1cc(C)cc(C)c1)c1c(C(=O)NCc2c[nH]cc[n+]2=O)[nH]c2ccc(Cl)cc12. The van der Waals surface area contributed by atoms with E-state index in [1.807, 2.05) is 19.9 Å². The van der Waals surface area contributed by atoms with Crippen LogP contribution in [0.25, 0.3) is 10.9 Å². The molecule has 2 aromatic heterocycles. The number of amides is 1. The maximum Gasteiger partial charge on any atom is 0.274 e. The van der Waals surface area contributed by atoms with Crippen molar-refractivity contribution in [1.82, 2.24) is 15.3 Å². The molecule has 1 atom stereocenters. The number of H-pyrrole nitrogens is 2. The van der Waals surface area contributed by atoms with Gasteiger partial charge in [0.05, 0.1) is 22.1 Å². The second kappa shape index (κ2) is 8.98. The van der Waals surface area contributed by atoms with E-state index in [2.05, 4.69) is 15.3 Å². The third-order valence-corrected chi connectivity index (χ3v) is 8.07. The summed E-state index contributed by atoms with van der Waals surface area (Å²) in [5.74, 6) is -0.525. The minimum absolute atomic E-state index is 0.0317. The number of fused-ring (bicyclic) bond motifs is 1. The Balaban J connectivity index is 1.87. The number of rotatable bonds is 6. The molecule has 8 nitrogen and oxygen atoms in total. The van der Waals surface area contributed by atoms with Crippen LogP contribution in [-0.2, 0) is 15.6 Å². The van der Waals surface area contributed by atoms with Crippen molar-refractivity contribution in [3.8, 4) is 0 Å². The summed E-state index contributed by atoms with van der Waals surface area (Å²) in [6, 6.07) is 10.6. The summed E-state index contributed by atoms with van der Waals surface area (Å²) in [5, 5.41) is 4.40. The van der Waals surface area contributed by atoms with Gasteiger partial charge in [0, 0.05) is 33.2 Å². The number of benzene rings is 2. The van der Waals surface area contributed by atoms with Crippen molar-refractivity contribution in [1.29, 1.82) is 0 Å². The van der Waals surface area contributed by atoms with Gasteiger partial charge in [-0.15, -0.1) is 0 Å². The fraction of sp³-hybridized carbons (Fsp3) is 0.174. The molecule has 3 N–H and O–H groups in total. The quantitative estimate of drug-likeness (QED) is 0.287. The number of aromatic amines is 2. The molecular formula is C23H23ClN4O4P+. The Hall–Kier alpha value is -3.19. The summed E-state index contributed by atoms with van der Waals surface area (Å²) in [4.78, 5) is 31.1. The Morgan fingerprint density at radius 2 is 1.91 bits per heavy atom. The third kappa shape index (κ3) is 4.37. The van der Waals surface area contributed by atoms with Gasteiger partial charge in [0.1, 0.15) is 12.2 Å². The van der Waals surface area contributed by atoms with Gasteiger partial charge < -0.3 is 19.8 Å². The van der Waals surface area contributed by atoms with Crippen LogP contribution in [0.4, 0.5) is 0 Å². The Bertz CT molecular complexity index is 1460. The smallest absolute Gasteiger partial charge is 0.274 e. The summed E-state index contributed by atoms with van der Waals surface area (Å²) in [7, 11) is -2.33. The summed E-state index contributed by atoms with van der Waals surface area (Å²) in [6.45, 7) is 3.78. The number of aryl methyl sites for hydroxylation is 2. The van der Waals surface area contributed by atoms with Crippen LogP contribution in [0.15, 0.2) is 55.0 Å². The number of carbonyl (C=O) groups is 1. The van der Waals surface area contributed by atoms with Gasteiger partial charge in [-0.3, -0.25) is 9.36 Å².